The van der Waals surface area contributed by atoms with E-state index in [9.17, 15) is 0 Å². The minimum absolute atomic E-state index is 0.369. The van der Waals surface area contributed by atoms with Crippen LogP contribution in [0, 0.1) is 5.41 Å². The lowest BCUT2D eigenvalue weighted by molar-refractivity contribution is 0.285. The van der Waals surface area contributed by atoms with E-state index in [-0.39, 0.29) is 0 Å². The van der Waals surface area contributed by atoms with Crippen LogP contribution in [0.3, 0.4) is 0 Å². The molecule has 0 aliphatic rings. The van der Waals surface area contributed by atoms with Gasteiger partial charge >= 0.3 is 0 Å². The van der Waals surface area contributed by atoms with E-state index in [1.165, 1.54) is 12.8 Å². The van der Waals surface area contributed by atoms with Crippen LogP contribution in [0.15, 0.2) is 0 Å². The van der Waals surface area contributed by atoms with Gasteiger partial charge in [0.05, 0.1) is 0 Å². The van der Waals surface area contributed by atoms with Crippen molar-refractivity contribution in [3.8, 4) is 0 Å². The van der Waals surface area contributed by atoms with Gasteiger partial charge in [0, 0.05) is 6.04 Å². The molecule has 0 aromatic heterocycles. The zero-order valence-corrected chi connectivity index (χ0v) is 9.69. The molecule has 0 aliphatic carbocycles. The summed E-state index contributed by atoms with van der Waals surface area (Å²) in [5.74, 6) is 0. The van der Waals surface area contributed by atoms with Gasteiger partial charge in [-0.15, -0.1) is 0 Å². The molecule has 0 bridgehead atoms. The molecule has 0 radical (unpaired) electrons. The lowest BCUT2D eigenvalue weighted by Gasteiger charge is -2.28. The maximum absolute atomic E-state index is 5.42. The normalized spacial score (nSPS) is 14.5. The van der Waals surface area contributed by atoms with Crippen molar-refractivity contribution in [1.82, 2.24) is 5.32 Å². The van der Waals surface area contributed by atoms with Gasteiger partial charge in [0.15, 0.2) is 0 Å². The molecule has 0 spiro atoms. The highest BCUT2D eigenvalue weighted by atomic mass is 14.9. The van der Waals surface area contributed by atoms with Crippen LogP contribution in [-0.4, -0.2) is 19.1 Å². The smallest absolute Gasteiger partial charge is 0.00872 e. The molecule has 2 heteroatoms. The maximum atomic E-state index is 5.42. The van der Waals surface area contributed by atoms with Crippen LogP contribution in [0.4, 0.5) is 0 Å². The Bertz CT molecular complexity index is 116. The molecule has 0 fully saturated rings. The van der Waals surface area contributed by atoms with E-state index >= 15 is 0 Å². The van der Waals surface area contributed by atoms with Crippen molar-refractivity contribution in [2.45, 2.75) is 53.0 Å². The fourth-order valence-electron chi connectivity index (χ4n) is 1.07. The van der Waals surface area contributed by atoms with Crippen molar-refractivity contribution in [2.75, 3.05) is 13.1 Å². The largest absolute Gasteiger partial charge is 0.330 e. The van der Waals surface area contributed by atoms with Crippen molar-refractivity contribution < 1.29 is 0 Å². The number of hydrogen-bond acceptors (Lipinski definition) is 2. The van der Waals surface area contributed by atoms with E-state index in [0.717, 1.165) is 19.5 Å². The highest BCUT2D eigenvalue weighted by molar-refractivity contribution is 4.75. The molecule has 80 valence electrons. The molecule has 0 aromatic rings. The van der Waals surface area contributed by atoms with Crippen LogP contribution in [-0.2, 0) is 0 Å². The van der Waals surface area contributed by atoms with Crippen LogP contribution < -0.4 is 11.1 Å². The van der Waals surface area contributed by atoms with Crippen LogP contribution >= 0.6 is 0 Å². The standard InChI is InChI=1S/C11H26N2/c1-10(11(2,3)4)13-9-7-5-6-8-12/h10,13H,5-9,12H2,1-4H3. The van der Waals surface area contributed by atoms with Crippen LogP contribution in [0.1, 0.15) is 47.0 Å². The quantitative estimate of drug-likeness (QED) is 0.624. The Morgan fingerprint density at radius 2 is 1.77 bits per heavy atom. The molecule has 13 heavy (non-hydrogen) atoms. The van der Waals surface area contributed by atoms with E-state index in [1.54, 1.807) is 0 Å². The van der Waals surface area contributed by atoms with Crippen molar-refractivity contribution in [1.29, 1.82) is 0 Å². The summed E-state index contributed by atoms with van der Waals surface area (Å²) in [6, 6.07) is 0.588. The molecule has 0 aliphatic heterocycles. The van der Waals surface area contributed by atoms with Crippen molar-refractivity contribution in [3.05, 3.63) is 0 Å². The molecule has 0 aromatic carbocycles. The molecule has 0 saturated carbocycles. The predicted molar refractivity (Wildman–Crippen MR) is 59.8 cm³/mol. The summed E-state index contributed by atoms with van der Waals surface area (Å²) in [7, 11) is 0. The summed E-state index contributed by atoms with van der Waals surface area (Å²) in [5.41, 5.74) is 5.79. The Hall–Kier alpha value is -0.0800. The first-order valence-corrected chi connectivity index (χ1v) is 5.42. The lowest BCUT2D eigenvalue weighted by Crippen LogP contribution is -2.38. The zero-order valence-electron chi connectivity index (χ0n) is 9.69. The van der Waals surface area contributed by atoms with Crippen LogP contribution in [0.5, 0.6) is 0 Å². The number of unbranched alkanes of at least 4 members (excludes halogenated alkanes) is 2. The minimum Gasteiger partial charge on any atom is -0.330 e. The molecular weight excluding hydrogens is 160 g/mol. The van der Waals surface area contributed by atoms with Gasteiger partial charge in [0.2, 0.25) is 0 Å². The molecule has 0 saturated heterocycles. The second kappa shape index (κ2) is 6.39. The molecule has 1 unspecified atom stereocenters. The number of nitrogens with one attached hydrogen (secondary N) is 1. The van der Waals surface area contributed by atoms with Gasteiger partial charge in [-0.05, 0) is 38.3 Å². The van der Waals surface area contributed by atoms with Gasteiger partial charge in [-0.25, -0.2) is 0 Å². The second-order valence-electron chi connectivity index (χ2n) is 4.89. The monoisotopic (exact) mass is 186 g/mol. The first kappa shape index (κ1) is 12.9. The summed E-state index contributed by atoms with van der Waals surface area (Å²) in [4.78, 5) is 0. The highest BCUT2D eigenvalue weighted by Gasteiger charge is 2.18. The average Bonchev–Trinajstić information content (AvgIpc) is 2.02. The predicted octanol–water partition coefficient (Wildman–Crippen LogP) is 2.14. The second-order valence-corrected chi connectivity index (χ2v) is 4.89. The first-order chi connectivity index (χ1) is 5.98. The van der Waals surface area contributed by atoms with Gasteiger partial charge < -0.3 is 11.1 Å². The highest BCUT2D eigenvalue weighted by Crippen LogP contribution is 2.18. The third-order valence-corrected chi connectivity index (χ3v) is 2.63. The molecule has 0 heterocycles. The van der Waals surface area contributed by atoms with Crippen LogP contribution in [0.25, 0.3) is 0 Å². The summed E-state index contributed by atoms with van der Waals surface area (Å²) in [5, 5.41) is 3.54. The van der Waals surface area contributed by atoms with Crippen LogP contribution in [0.2, 0.25) is 0 Å². The molecule has 0 amide bonds. The summed E-state index contributed by atoms with van der Waals surface area (Å²) in [6.45, 7) is 11.0. The third-order valence-electron chi connectivity index (χ3n) is 2.63. The minimum atomic E-state index is 0.369. The van der Waals surface area contributed by atoms with E-state index in [0.29, 0.717) is 11.5 Å². The third kappa shape index (κ3) is 7.03. The van der Waals surface area contributed by atoms with Crippen molar-refractivity contribution >= 4 is 0 Å². The lowest BCUT2D eigenvalue weighted by atomic mass is 9.88. The zero-order chi connectivity index (χ0) is 10.3. The maximum Gasteiger partial charge on any atom is 0.00872 e. The number of rotatable bonds is 6. The summed E-state index contributed by atoms with van der Waals surface area (Å²) in [6.07, 6.45) is 3.66. The Labute approximate surface area is 83.3 Å². The Morgan fingerprint density at radius 3 is 2.23 bits per heavy atom. The Morgan fingerprint density at radius 1 is 1.15 bits per heavy atom. The van der Waals surface area contributed by atoms with Gasteiger partial charge in [0.1, 0.15) is 0 Å². The molecule has 3 N–H and O–H groups in total. The summed E-state index contributed by atoms with van der Waals surface area (Å²) < 4.78 is 0. The van der Waals surface area contributed by atoms with Gasteiger partial charge in [0.25, 0.3) is 0 Å². The number of hydrogen-bond donors (Lipinski definition) is 2. The fraction of sp³-hybridized carbons (Fsp3) is 1.00. The summed E-state index contributed by atoms with van der Waals surface area (Å²) >= 11 is 0. The molecule has 0 rings (SSSR count). The average molecular weight is 186 g/mol. The topological polar surface area (TPSA) is 38.0 Å². The van der Waals surface area contributed by atoms with E-state index in [1.807, 2.05) is 0 Å². The van der Waals surface area contributed by atoms with E-state index in [2.05, 4.69) is 33.0 Å². The van der Waals surface area contributed by atoms with Gasteiger partial charge in [-0.1, -0.05) is 27.2 Å². The first-order valence-electron chi connectivity index (χ1n) is 5.42. The number of nitrogens with two attached hydrogens (primary N) is 1. The molecular formula is C11H26N2. The van der Waals surface area contributed by atoms with Crippen molar-refractivity contribution in [2.24, 2.45) is 11.1 Å². The van der Waals surface area contributed by atoms with E-state index in [4.69, 9.17) is 5.73 Å². The van der Waals surface area contributed by atoms with E-state index < -0.39 is 0 Å². The van der Waals surface area contributed by atoms with Gasteiger partial charge in [-0.3, -0.25) is 0 Å². The Balaban J connectivity index is 3.32. The Kier molecular flexibility index (Phi) is 6.35. The van der Waals surface area contributed by atoms with Gasteiger partial charge in [-0.2, -0.15) is 0 Å². The van der Waals surface area contributed by atoms with Crippen molar-refractivity contribution in [3.63, 3.8) is 0 Å². The molecule has 2 nitrogen and oxygen atoms in total. The SMILES string of the molecule is CC(NCCCCCN)C(C)(C)C. The molecule has 1 atom stereocenters. The fourth-order valence-corrected chi connectivity index (χ4v) is 1.07.